The van der Waals surface area contributed by atoms with Crippen LogP contribution in [-0.2, 0) is 4.79 Å². The molecule has 0 amide bonds. The average Bonchev–Trinajstić information content (AvgIpc) is 2.42. The van der Waals surface area contributed by atoms with Crippen molar-refractivity contribution in [1.82, 2.24) is 4.90 Å². The number of rotatable bonds is 9. The van der Waals surface area contributed by atoms with Gasteiger partial charge in [-0.3, -0.25) is 4.79 Å². The van der Waals surface area contributed by atoms with E-state index in [-0.39, 0.29) is 5.92 Å². The second kappa shape index (κ2) is 9.38. The van der Waals surface area contributed by atoms with Crippen molar-refractivity contribution in [1.29, 1.82) is 0 Å². The van der Waals surface area contributed by atoms with Crippen LogP contribution in [0.2, 0.25) is 0 Å². The number of carboxylic acids is 1. The van der Waals surface area contributed by atoms with Crippen LogP contribution in [0.1, 0.15) is 71.6 Å². The van der Waals surface area contributed by atoms with E-state index in [9.17, 15) is 9.90 Å². The van der Waals surface area contributed by atoms with Gasteiger partial charge in [0.25, 0.3) is 0 Å². The van der Waals surface area contributed by atoms with Crippen molar-refractivity contribution in [3.8, 4) is 0 Å². The maximum atomic E-state index is 11.2. The highest BCUT2D eigenvalue weighted by molar-refractivity contribution is 5.70. The predicted octanol–water partition coefficient (Wildman–Crippen LogP) is 4.17. The minimum atomic E-state index is -0.602. The highest BCUT2D eigenvalue weighted by Gasteiger charge is 2.32. The maximum absolute atomic E-state index is 11.2. The van der Waals surface area contributed by atoms with E-state index in [4.69, 9.17) is 0 Å². The van der Waals surface area contributed by atoms with Crippen LogP contribution in [0.15, 0.2) is 0 Å². The van der Waals surface area contributed by atoms with Gasteiger partial charge in [-0.05, 0) is 38.8 Å². The van der Waals surface area contributed by atoms with Crippen molar-refractivity contribution in [3.05, 3.63) is 0 Å². The fourth-order valence-electron chi connectivity index (χ4n) is 3.44. The summed E-state index contributed by atoms with van der Waals surface area (Å²) in [6.45, 7) is 5.49. The normalized spacial score (nSPS) is 25.6. The number of nitrogens with zero attached hydrogens (tertiary/aromatic N) is 1. The summed E-state index contributed by atoms with van der Waals surface area (Å²) in [6.07, 6.45) is 10.9. The molecular formula is C17H33NO2. The SMILES string of the molecule is CCCCCCCCC(C)C1CC(C(=O)O)CCN1C. The molecule has 0 spiro atoms. The molecule has 0 aromatic rings. The number of piperidine rings is 1. The quantitative estimate of drug-likeness (QED) is 0.646. The molecule has 3 atom stereocenters. The third kappa shape index (κ3) is 5.82. The number of unbranched alkanes of at least 4 members (excludes halogenated alkanes) is 5. The Bertz CT molecular complexity index is 280. The molecule has 0 radical (unpaired) electrons. The Hall–Kier alpha value is -0.570. The molecule has 118 valence electrons. The number of aliphatic carboxylic acids is 1. The summed E-state index contributed by atoms with van der Waals surface area (Å²) < 4.78 is 0. The molecule has 3 unspecified atom stereocenters. The summed E-state index contributed by atoms with van der Waals surface area (Å²) in [7, 11) is 2.15. The molecule has 3 heteroatoms. The molecule has 1 aliphatic heterocycles. The topological polar surface area (TPSA) is 40.5 Å². The second-order valence-electron chi connectivity index (χ2n) is 6.64. The van der Waals surface area contributed by atoms with Crippen LogP contribution in [0.25, 0.3) is 0 Å². The Morgan fingerprint density at radius 2 is 1.90 bits per heavy atom. The molecular weight excluding hydrogens is 250 g/mol. The molecule has 1 rings (SSSR count). The van der Waals surface area contributed by atoms with Gasteiger partial charge in [0.05, 0.1) is 5.92 Å². The number of hydrogen-bond donors (Lipinski definition) is 1. The summed E-state index contributed by atoms with van der Waals surface area (Å²) in [5.41, 5.74) is 0. The van der Waals surface area contributed by atoms with Gasteiger partial charge in [0.1, 0.15) is 0 Å². The largest absolute Gasteiger partial charge is 0.481 e. The molecule has 1 N–H and O–H groups in total. The Kier molecular flexibility index (Phi) is 8.20. The van der Waals surface area contributed by atoms with Crippen LogP contribution in [0.3, 0.4) is 0 Å². The zero-order chi connectivity index (χ0) is 15.0. The molecule has 1 heterocycles. The molecule has 1 fully saturated rings. The first kappa shape index (κ1) is 17.5. The third-order valence-corrected chi connectivity index (χ3v) is 4.94. The van der Waals surface area contributed by atoms with Crippen LogP contribution < -0.4 is 0 Å². The van der Waals surface area contributed by atoms with E-state index in [1.165, 1.54) is 44.9 Å². The standard InChI is InChI=1S/C17H33NO2/c1-4-5-6-7-8-9-10-14(2)16-13-15(17(19)20)11-12-18(16)3/h14-16H,4-13H2,1-3H3,(H,19,20). The van der Waals surface area contributed by atoms with E-state index < -0.39 is 5.97 Å². The fourth-order valence-corrected chi connectivity index (χ4v) is 3.44. The average molecular weight is 283 g/mol. The zero-order valence-corrected chi connectivity index (χ0v) is 13.6. The third-order valence-electron chi connectivity index (χ3n) is 4.94. The Morgan fingerprint density at radius 3 is 2.55 bits per heavy atom. The Labute approximate surface area is 124 Å². The zero-order valence-electron chi connectivity index (χ0n) is 13.6. The highest BCUT2D eigenvalue weighted by atomic mass is 16.4. The molecule has 0 aromatic heterocycles. The van der Waals surface area contributed by atoms with Gasteiger partial charge in [-0.2, -0.15) is 0 Å². The molecule has 3 nitrogen and oxygen atoms in total. The van der Waals surface area contributed by atoms with Crippen molar-refractivity contribution >= 4 is 5.97 Å². The van der Waals surface area contributed by atoms with Crippen LogP contribution >= 0.6 is 0 Å². The van der Waals surface area contributed by atoms with E-state index in [1.54, 1.807) is 0 Å². The number of likely N-dealkylation sites (tertiary alicyclic amines) is 1. The molecule has 0 aliphatic carbocycles. The van der Waals surface area contributed by atoms with E-state index in [0.29, 0.717) is 12.0 Å². The molecule has 1 aliphatic rings. The minimum Gasteiger partial charge on any atom is -0.481 e. The van der Waals surface area contributed by atoms with Crippen molar-refractivity contribution in [3.63, 3.8) is 0 Å². The van der Waals surface area contributed by atoms with Gasteiger partial charge in [0, 0.05) is 6.04 Å². The highest BCUT2D eigenvalue weighted by Crippen LogP contribution is 2.29. The lowest BCUT2D eigenvalue weighted by molar-refractivity contribution is -0.144. The van der Waals surface area contributed by atoms with Crippen LogP contribution in [0.5, 0.6) is 0 Å². The Morgan fingerprint density at radius 1 is 1.25 bits per heavy atom. The van der Waals surface area contributed by atoms with Crippen molar-refractivity contribution in [2.24, 2.45) is 11.8 Å². The molecule has 0 bridgehead atoms. The van der Waals surface area contributed by atoms with Gasteiger partial charge in [-0.1, -0.05) is 52.4 Å². The minimum absolute atomic E-state index is 0.122. The number of hydrogen-bond acceptors (Lipinski definition) is 2. The van der Waals surface area contributed by atoms with Crippen LogP contribution in [-0.4, -0.2) is 35.6 Å². The molecule has 1 saturated heterocycles. The monoisotopic (exact) mass is 283 g/mol. The van der Waals surface area contributed by atoms with Crippen LogP contribution in [0.4, 0.5) is 0 Å². The van der Waals surface area contributed by atoms with Gasteiger partial charge in [-0.15, -0.1) is 0 Å². The fraction of sp³-hybridized carbons (Fsp3) is 0.941. The number of carbonyl (C=O) groups is 1. The van der Waals surface area contributed by atoms with E-state index in [0.717, 1.165) is 19.4 Å². The van der Waals surface area contributed by atoms with E-state index in [1.807, 2.05) is 0 Å². The van der Waals surface area contributed by atoms with Crippen LogP contribution in [0, 0.1) is 11.8 Å². The lowest BCUT2D eigenvalue weighted by Crippen LogP contribution is -2.45. The summed E-state index contributed by atoms with van der Waals surface area (Å²) in [6, 6.07) is 0.459. The van der Waals surface area contributed by atoms with Gasteiger partial charge in [0.15, 0.2) is 0 Å². The second-order valence-corrected chi connectivity index (χ2v) is 6.64. The van der Waals surface area contributed by atoms with E-state index >= 15 is 0 Å². The van der Waals surface area contributed by atoms with E-state index in [2.05, 4.69) is 25.8 Å². The van der Waals surface area contributed by atoms with Gasteiger partial charge in [-0.25, -0.2) is 0 Å². The van der Waals surface area contributed by atoms with Crippen molar-refractivity contribution in [2.75, 3.05) is 13.6 Å². The molecule has 20 heavy (non-hydrogen) atoms. The summed E-state index contributed by atoms with van der Waals surface area (Å²) in [4.78, 5) is 13.5. The molecule has 0 saturated carbocycles. The lowest BCUT2D eigenvalue weighted by Gasteiger charge is -2.39. The van der Waals surface area contributed by atoms with Gasteiger partial charge < -0.3 is 10.0 Å². The Balaban J connectivity index is 2.26. The summed E-state index contributed by atoms with van der Waals surface area (Å²) >= 11 is 0. The molecule has 0 aromatic carbocycles. The van der Waals surface area contributed by atoms with Gasteiger partial charge in [0.2, 0.25) is 0 Å². The lowest BCUT2D eigenvalue weighted by atomic mass is 9.83. The predicted molar refractivity (Wildman–Crippen MR) is 83.9 cm³/mol. The smallest absolute Gasteiger partial charge is 0.306 e. The van der Waals surface area contributed by atoms with Gasteiger partial charge >= 0.3 is 5.97 Å². The first-order chi connectivity index (χ1) is 9.56. The summed E-state index contributed by atoms with van der Waals surface area (Å²) in [5.74, 6) is -0.105. The number of carboxylic acid groups (broad SMARTS) is 1. The van der Waals surface area contributed by atoms with Crippen molar-refractivity contribution in [2.45, 2.75) is 77.7 Å². The summed E-state index contributed by atoms with van der Waals surface area (Å²) in [5, 5.41) is 9.20. The van der Waals surface area contributed by atoms with Crippen molar-refractivity contribution < 1.29 is 9.90 Å². The maximum Gasteiger partial charge on any atom is 0.306 e. The first-order valence-electron chi connectivity index (χ1n) is 8.49. The first-order valence-corrected chi connectivity index (χ1v) is 8.49.